The minimum atomic E-state index is 0. The molecule has 4 aromatic heterocycles. The minimum Gasteiger partial charge on any atom is -0.502 e. The Kier molecular flexibility index (Phi) is 7.11. The number of aromatic nitrogens is 3. The number of para-hydroxylation sites is 3. The largest absolute Gasteiger partial charge is 2.00 e. The zero-order valence-electron chi connectivity index (χ0n) is 25.0. The van der Waals surface area contributed by atoms with Crippen LogP contribution in [-0.2, 0) is 28.1 Å². The molecule has 0 aliphatic rings. The second-order valence-electron chi connectivity index (χ2n) is 11.0. The van der Waals surface area contributed by atoms with Crippen LogP contribution in [-0.4, -0.2) is 14.5 Å². The number of rotatable bonds is 6. The molecular weight excluding hydrogens is 768 g/mol. The Balaban J connectivity index is 0.00000324. The maximum atomic E-state index is 6.79. The fourth-order valence-electron chi connectivity index (χ4n) is 6.09. The molecule has 47 heavy (non-hydrogen) atoms. The number of aryl methyl sites for hydroxylation is 1. The Labute approximate surface area is 283 Å². The zero-order valence-corrected chi connectivity index (χ0v) is 27.2. The first-order chi connectivity index (χ1) is 22.7. The van der Waals surface area contributed by atoms with Crippen molar-refractivity contribution in [2.24, 2.45) is 7.05 Å². The molecule has 0 N–H and O–H groups in total. The third kappa shape index (κ3) is 4.87. The van der Waals surface area contributed by atoms with Gasteiger partial charge in [-0.1, -0.05) is 89.9 Å². The van der Waals surface area contributed by atoms with Gasteiger partial charge in [-0.3, -0.25) is 4.98 Å². The fraction of sp³-hybridized carbons (Fsp3) is 0.0256. The monoisotopic (exact) mass is 791 g/mol. The second-order valence-corrected chi connectivity index (χ2v) is 11.0. The summed E-state index contributed by atoms with van der Waals surface area (Å²) in [7, 11) is 1.95. The van der Waals surface area contributed by atoms with Crippen LogP contribution in [0.2, 0.25) is 0 Å². The fourth-order valence-corrected chi connectivity index (χ4v) is 6.09. The molecule has 9 aromatic rings. The molecule has 228 valence electrons. The molecule has 0 bridgehead atoms. The van der Waals surface area contributed by atoms with Gasteiger partial charge in [0.15, 0.2) is 0 Å². The van der Waals surface area contributed by atoms with Gasteiger partial charge in [0.05, 0.1) is 17.2 Å². The van der Waals surface area contributed by atoms with Gasteiger partial charge in [-0.2, -0.15) is 0 Å². The summed E-state index contributed by atoms with van der Waals surface area (Å²) in [5, 5.41) is 3.62. The quantitative estimate of drug-likeness (QED) is 0.156. The van der Waals surface area contributed by atoms with Crippen molar-refractivity contribution in [2.75, 3.05) is 4.90 Å². The summed E-state index contributed by atoms with van der Waals surface area (Å²) < 4.78 is 21.5. The van der Waals surface area contributed by atoms with E-state index in [1.54, 1.807) is 12.4 Å². The molecular formula is C39H24N4O3Pt. The van der Waals surface area contributed by atoms with Crippen molar-refractivity contribution >= 4 is 61.1 Å². The van der Waals surface area contributed by atoms with E-state index in [1.165, 1.54) is 0 Å². The maximum Gasteiger partial charge on any atom is 2.00 e. The van der Waals surface area contributed by atoms with Gasteiger partial charge in [-0.15, -0.1) is 11.6 Å². The van der Waals surface area contributed by atoms with Crippen LogP contribution in [0.15, 0.2) is 137 Å². The second kappa shape index (κ2) is 11.6. The van der Waals surface area contributed by atoms with Crippen LogP contribution in [0.25, 0.3) is 55.3 Å². The number of hydrogen-bond donors (Lipinski definition) is 0. The van der Waals surface area contributed by atoms with Crippen LogP contribution in [0, 0.1) is 12.1 Å². The third-order valence-corrected chi connectivity index (χ3v) is 8.13. The van der Waals surface area contributed by atoms with Gasteiger partial charge in [-0.25, -0.2) is 4.98 Å². The number of benzene rings is 5. The van der Waals surface area contributed by atoms with E-state index in [0.29, 0.717) is 22.7 Å². The summed E-state index contributed by atoms with van der Waals surface area (Å²) in [5.41, 5.74) is 5.29. The molecule has 7 nitrogen and oxygen atoms in total. The first-order valence-corrected chi connectivity index (χ1v) is 14.9. The van der Waals surface area contributed by atoms with Crippen molar-refractivity contribution in [1.82, 2.24) is 14.5 Å². The van der Waals surface area contributed by atoms with Crippen LogP contribution >= 0.6 is 0 Å². The topological polar surface area (TPSA) is 69.5 Å². The zero-order chi connectivity index (χ0) is 30.6. The molecule has 0 spiro atoms. The Morgan fingerprint density at radius 1 is 0.681 bits per heavy atom. The molecule has 8 heteroatoms. The molecule has 0 aliphatic heterocycles. The van der Waals surface area contributed by atoms with Crippen LogP contribution < -0.4 is 9.64 Å². The van der Waals surface area contributed by atoms with Gasteiger partial charge in [0.25, 0.3) is 0 Å². The van der Waals surface area contributed by atoms with Gasteiger partial charge >= 0.3 is 21.1 Å². The average Bonchev–Trinajstić information content (AvgIpc) is 3.80. The summed E-state index contributed by atoms with van der Waals surface area (Å²) in [5.74, 6) is 2.44. The standard InChI is InChI=1S/C39H24N4O3.Pt/c1-42-20-19-41-39(42)25-21-33(38-29-14-6-8-16-32(29)45-34(38)22-25)44-27-23-30(37-28-13-5-7-15-31(28)46-35(37)24-27)43(26-11-3-2-4-12-26)36-17-9-10-18-40-36;/h2-20,22,24H,1H3;/q-2;+2. The smallest absolute Gasteiger partial charge is 0.502 e. The number of imidazole rings is 1. The summed E-state index contributed by atoms with van der Waals surface area (Å²) in [6.07, 6.45) is 5.45. The summed E-state index contributed by atoms with van der Waals surface area (Å²) in [6, 6.07) is 42.9. The molecule has 0 radical (unpaired) electrons. The van der Waals surface area contributed by atoms with Crippen molar-refractivity contribution in [3.05, 3.63) is 140 Å². The summed E-state index contributed by atoms with van der Waals surface area (Å²) >= 11 is 0. The van der Waals surface area contributed by atoms with Gasteiger partial charge in [0.1, 0.15) is 17.0 Å². The van der Waals surface area contributed by atoms with Crippen molar-refractivity contribution in [1.29, 1.82) is 0 Å². The first kappa shape index (κ1) is 28.8. The van der Waals surface area contributed by atoms with Crippen molar-refractivity contribution < 1.29 is 34.6 Å². The number of pyridine rings is 1. The molecule has 5 aromatic carbocycles. The van der Waals surface area contributed by atoms with Crippen molar-refractivity contribution in [3.63, 3.8) is 0 Å². The number of hydrogen-bond acceptors (Lipinski definition) is 6. The van der Waals surface area contributed by atoms with Crippen LogP contribution in [0.4, 0.5) is 17.2 Å². The SMILES string of the molecule is Cn1ccnc1-c1[c-]c(Oc2[c-]c(N(c3ccccc3)c3ccccn3)c3c(c2)oc2ccccc23)c2c(c1)oc1ccccc12.[Pt+2]. The van der Waals surface area contributed by atoms with E-state index >= 15 is 0 Å². The molecule has 0 amide bonds. The Bertz CT molecular complexity index is 2500. The third-order valence-electron chi connectivity index (χ3n) is 8.13. The molecule has 0 atom stereocenters. The van der Waals surface area contributed by atoms with Crippen molar-refractivity contribution in [2.45, 2.75) is 0 Å². The first-order valence-electron chi connectivity index (χ1n) is 14.9. The maximum absolute atomic E-state index is 6.79. The van der Waals surface area contributed by atoms with Gasteiger partial charge in [0.2, 0.25) is 0 Å². The predicted octanol–water partition coefficient (Wildman–Crippen LogP) is 10.1. The van der Waals surface area contributed by atoms with Crippen LogP contribution in [0.3, 0.4) is 0 Å². The van der Waals surface area contributed by atoms with Crippen LogP contribution in [0.1, 0.15) is 0 Å². The Morgan fingerprint density at radius 3 is 2.06 bits per heavy atom. The van der Waals surface area contributed by atoms with E-state index in [1.807, 2.05) is 109 Å². The molecule has 0 saturated carbocycles. The van der Waals surface area contributed by atoms with E-state index in [4.69, 9.17) is 18.6 Å². The molecule has 9 rings (SSSR count). The van der Waals surface area contributed by atoms with E-state index in [2.05, 4.69) is 40.2 Å². The van der Waals surface area contributed by atoms with Gasteiger partial charge < -0.3 is 23.0 Å². The number of anilines is 3. The summed E-state index contributed by atoms with van der Waals surface area (Å²) in [6.45, 7) is 0. The van der Waals surface area contributed by atoms with E-state index in [-0.39, 0.29) is 21.1 Å². The minimum absolute atomic E-state index is 0. The molecule has 4 heterocycles. The number of furan rings is 2. The van der Waals surface area contributed by atoms with E-state index in [0.717, 1.165) is 61.3 Å². The summed E-state index contributed by atoms with van der Waals surface area (Å²) in [4.78, 5) is 11.4. The molecule has 0 unspecified atom stereocenters. The normalized spacial score (nSPS) is 11.3. The molecule has 0 saturated heterocycles. The van der Waals surface area contributed by atoms with E-state index < -0.39 is 0 Å². The Morgan fingerprint density at radius 2 is 1.36 bits per heavy atom. The average molecular weight is 792 g/mol. The van der Waals surface area contributed by atoms with Crippen molar-refractivity contribution in [3.8, 4) is 22.9 Å². The van der Waals surface area contributed by atoms with Gasteiger partial charge in [-0.05, 0) is 52.6 Å². The number of fused-ring (bicyclic) bond motifs is 6. The van der Waals surface area contributed by atoms with Gasteiger partial charge in [0, 0.05) is 42.7 Å². The number of ether oxygens (including phenoxy) is 1. The molecule has 0 fully saturated rings. The number of nitrogens with zero attached hydrogens (tertiary/aromatic N) is 4. The van der Waals surface area contributed by atoms with Crippen LogP contribution in [0.5, 0.6) is 11.5 Å². The molecule has 0 aliphatic carbocycles. The predicted molar refractivity (Wildman–Crippen MR) is 180 cm³/mol. The van der Waals surface area contributed by atoms with E-state index in [9.17, 15) is 0 Å². The Hall–Kier alpha value is -5.65.